The number of aryl methyl sites for hydroxylation is 2. The van der Waals surface area contributed by atoms with Gasteiger partial charge in [0.1, 0.15) is 5.82 Å². The first-order valence-corrected chi connectivity index (χ1v) is 5.66. The zero-order valence-corrected chi connectivity index (χ0v) is 10.3. The van der Waals surface area contributed by atoms with E-state index in [9.17, 15) is 9.18 Å². The number of anilines is 1. The van der Waals surface area contributed by atoms with Gasteiger partial charge in [-0.15, -0.1) is 0 Å². The molecule has 0 atom stereocenters. The van der Waals surface area contributed by atoms with Gasteiger partial charge in [0.05, 0.1) is 5.56 Å². The molecular formula is C15H14FNO. The first-order valence-electron chi connectivity index (χ1n) is 5.66. The fourth-order valence-electron chi connectivity index (χ4n) is 1.79. The minimum Gasteiger partial charge on any atom is -0.399 e. The first-order chi connectivity index (χ1) is 8.49. The van der Waals surface area contributed by atoms with Gasteiger partial charge in [-0.05, 0) is 49.7 Å². The smallest absolute Gasteiger partial charge is 0.195 e. The van der Waals surface area contributed by atoms with Crippen molar-refractivity contribution in [2.24, 2.45) is 0 Å². The molecule has 0 aliphatic rings. The van der Waals surface area contributed by atoms with E-state index >= 15 is 0 Å². The molecule has 2 rings (SSSR count). The number of hydrogen-bond acceptors (Lipinski definition) is 2. The van der Waals surface area contributed by atoms with Gasteiger partial charge in [0, 0.05) is 11.3 Å². The van der Waals surface area contributed by atoms with Crippen molar-refractivity contribution in [1.82, 2.24) is 0 Å². The molecular weight excluding hydrogens is 229 g/mol. The molecule has 2 N–H and O–H groups in total. The van der Waals surface area contributed by atoms with Crippen LogP contribution in [0.4, 0.5) is 10.1 Å². The van der Waals surface area contributed by atoms with E-state index in [4.69, 9.17) is 5.73 Å². The molecule has 0 saturated heterocycles. The molecule has 0 fully saturated rings. The van der Waals surface area contributed by atoms with Crippen molar-refractivity contribution in [2.45, 2.75) is 13.8 Å². The van der Waals surface area contributed by atoms with Crippen molar-refractivity contribution in [3.05, 3.63) is 64.5 Å². The zero-order valence-electron chi connectivity index (χ0n) is 10.3. The Balaban J connectivity index is 2.47. The van der Waals surface area contributed by atoms with Crippen molar-refractivity contribution < 1.29 is 9.18 Å². The van der Waals surface area contributed by atoms with Crippen LogP contribution in [0.15, 0.2) is 36.4 Å². The van der Waals surface area contributed by atoms with Crippen LogP contribution in [0, 0.1) is 19.7 Å². The molecule has 0 heterocycles. The number of benzene rings is 2. The second-order valence-electron chi connectivity index (χ2n) is 4.38. The Morgan fingerprint density at radius 2 is 1.83 bits per heavy atom. The summed E-state index contributed by atoms with van der Waals surface area (Å²) in [7, 11) is 0. The third-order valence-corrected chi connectivity index (χ3v) is 2.90. The molecule has 0 unspecified atom stereocenters. The van der Waals surface area contributed by atoms with E-state index < -0.39 is 5.82 Å². The third-order valence-electron chi connectivity index (χ3n) is 2.90. The van der Waals surface area contributed by atoms with Gasteiger partial charge in [-0.1, -0.05) is 11.6 Å². The number of ketones is 1. The fraction of sp³-hybridized carbons (Fsp3) is 0.133. The lowest BCUT2D eigenvalue weighted by molar-refractivity contribution is 0.103. The summed E-state index contributed by atoms with van der Waals surface area (Å²) in [5.41, 5.74) is 8.53. The lowest BCUT2D eigenvalue weighted by Crippen LogP contribution is -2.05. The molecule has 92 valence electrons. The van der Waals surface area contributed by atoms with Crippen molar-refractivity contribution >= 4 is 11.5 Å². The SMILES string of the molecule is Cc1ccc(F)c(C(=O)c2ccc(N)c(C)c2)c1. The number of carbonyl (C=O) groups is 1. The quantitative estimate of drug-likeness (QED) is 0.650. The Bertz CT molecular complexity index is 620. The summed E-state index contributed by atoms with van der Waals surface area (Å²) >= 11 is 0. The summed E-state index contributed by atoms with van der Waals surface area (Å²) in [5.74, 6) is -0.820. The molecule has 0 saturated carbocycles. The van der Waals surface area contributed by atoms with E-state index in [0.29, 0.717) is 11.3 Å². The number of halogens is 1. The van der Waals surface area contributed by atoms with E-state index in [1.165, 1.54) is 6.07 Å². The highest BCUT2D eigenvalue weighted by atomic mass is 19.1. The van der Waals surface area contributed by atoms with E-state index in [1.807, 2.05) is 13.8 Å². The molecule has 0 amide bonds. The maximum atomic E-state index is 13.6. The molecule has 0 aliphatic heterocycles. The summed E-state index contributed by atoms with van der Waals surface area (Å²) in [6.07, 6.45) is 0. The Kier molecular flexibility index (Phi) is 3.15. The summed E-state index contributed by atoms with van der Waals surface area (Å²) < 4.78 is 13.6. The molecule has 2 aromatic rings. The highest BCUT2D eigenvalue weighted by Crippen LogP contribution is 2.18. The highest BCUT2D eigenvalue weighted by molar-refractivity contribution is 6.09. The van der Waals surface area contributed by atoms with Crippen LogP contribution in [0.3, 0.4) is 0 Å². The maximum Gasteiger partial charge on any atom is 0.195 e. The second-order valence-corrected chi connectivity index (χ2v) is 4.38. The Morgan fingerprint density at radius 3 is 2.50 bits per heavy atom. The van der Waals surface area contributed by atoms with Crippen LogP contribution >= 0.6 is 0 Å². The predicted molar refractivity (Wildman–Crippen MR) is 70.2 cm³/mol. The summed E-state index contributed by atoms with van der Waals surface area (Å²) in [6.45, 7) is 3.64. The molecule has 18 heavy (non-hydrogen) atoms. The van der Waals surface area contributed by atoms with Crippen molar-refractivity contribution in [2.75, 3.05) is 5.73 Å². The van der Waals surface area contributed by atoms with Gasteiger partial charge in [-0.25, -0.2) is 4.39 Å². The van der Waals surface area contributed by atoms with E-state index in [0.717, 1.165) is 11.1 Å². The lowest BCUT2D eigenvalue weighted by Gasteiger charge is -2.06. The highest BCUT2D eigenvalue weighted by Gasteiger charge is 2.14. The van der Waals surface area contributed by atoms with Crippen LogP contribution in [-0.4, -0.2) is 5.78 Å². The monoisotopic (exact) mass is 243 g/mol. The predicted octanol–water partition coefficient (Wildman–Crippen LogP) is 3.26. The minimum absolute atomic E-state index is 0.0965. The number of hydrogen-bond donors (Lipinski definition) is 1. The molecule has 3 heteroatoms. The van der Waals surface area contributed by atoms with Crippen LogP contribution in [0.5, 0.6) is 0 Å². The van der Waals surface area contributed by atoms with E-state index in [2.05, 4.69) is 0 Å². The molecule has 0 spiro atoms. The van der Waals surface area contributed by atoms with Crippen LogP contribution in [0.25, 0.3) is 0 Å². The standard InChI is InChI=1S/C15H14FNO/c1-9-3-5-13(16)12(7-9)15(18)11-4-6-14(17)10(2)8-11/h3-8H,17H2,1-2H3. The van der Waals surface area contributed by atoms with Crippen LogP contribution in [0.2, 0.25) is 0 Å². The van der Waals surface area contributed by atoms with E-state index in [1.54, 1.807) is 30.3 Å². The van der Waals surface area contributed by atoms with Crippen LogP contribution in [0.1, 0.15) is 27.0 Å². The molecule has 0 aliphatic carbocycles. The molecule has 0 radical (unpaired) electrons. The molecule has 2 nitrogen and oxygen atoms in total. The summed E-state index contributed by atoms with van der Waals surface area (Å²) in [4.78, 5) is 12.2. The lowest BCUT2D eigenvalue weighted by atomic mass is 9.99. The molecule has 0 bridgehead atoms. The average Bonchev–Trinajstić information content (AvgIpc) is 2.35. The third kappa shape index (κ3) is 2.25. The van der Waals surface area contributed by atoms with Crippen LogP contribution < -0.4 is 5.73 Å². The Morgan fingerprint density at radius 1 is 1.11 bits per heavy atom. The van der Waals surface area contributed by atoms with Gasteiger partial charge in [0.15, 0.2) is 5.78 Å². The topological polar surface area (TPSA) is 43.1 Å². The number of rotatable bonds is 2. The second kappa shape index (κ2) is 4.61. The summed E-state index contributed by atoms with van der Waals surface area (Å²) in [6, 6.07) is 9.47. The first kappa shape index (κ1) is 12.3. The van der Waals surface area contributed by atoms with Gasteiger partial charge in [0.25, 0.3) is 0 Å². The number of nitrogen functional groups attached to an aromatic ring is 1. The Labute approximate surface area is 105 Å². The van der Waals surface area contributed by atoms with Crippen LogP contribution in [-0.2, 0) is 0 Å². The van der Waals surface area contributed by atoms with Gasteiger partial charge in [-0.2, -0.15) is 0 Å². The zero-order chi connectivity index (χ0) is 13.3. The van der Waals surface area contributed by atoms with Crippen molar-refractivity contribution in [3.8, 4) is 0 Å². The van der Waals surface area contributed by atoms with Crippen molar-refractivity contribution in [3.63, 3.8) is 0 Å². The van der Waals surface area contributed by atoms with Crippen molar-refractivity contribution in [1.29, 1.82) is 0 Å². The average molecular weight is 243 g/mol. The number of carbonyl (C=O) groups excluding carboxylic acids is 1. The normalized spacial score (nSPS) is 10.4. The Hall–Kier alpha value is -2.16. The minimum atomic E-state index is -0.500. The summed E-state index contributed by atoms with van der Waals surface area (Å²) in [5, 5.41) is 0. The van der Waals surface area contributed by atoms with Gasteiger partial charge < -0.3 is 5.73 Å². The van der Waals surface area contributed by atoms with Gasteiger partial charge in [-0.3, -0.25) is 4.79 Å². The largest absolute Gasteiger partial charge is 0.399 e. The number of nitrogens with two attached hydrogens (primary N) is 1. The maximum absolute atomic E-state index is 13.6. The molecule has 2 aromatic carbocycles. The molecule has 0 aromatic heterocycles. The van der Waals surface area contributed by atoms with Gasteiger partial charge >= 0.3 is 0 Å². The van der Waals surface area contributed by atoms with Gasteiger partial charge in [0.2, 0.25) is 0 Å². The fourth-order valence-corrected chi connectivity index (χ4v) is 1.79. The van der Waals surface area contributed by atoms with E-state index in [-0.39, 0.29) is 11.3 Å².